The lowest BCUT2D eigenvalue weighted by molar-refractivity contribution is 0.458. The molecule has 0 bridgehead atoms. The Hall–Kier alpha value is -0.0831. The number of hydrogen-bond acceptors (Lipinski definition) is 1. The van der Waals surface area contributed by atoms with E-state index < -0.39 is 8.24 Å². The van der Waals surface area contributed by atoms with Gasteiger partial charge in [-0.05, 0) is 25.2 Å². The van der Waals surface area contributed by atoms with Crippen molar-refractivity contribution in [2.45, 2.75) is 65.5 Å². The molecule has 0 heterocycles. The fourth-order valence-corrected chi connectivity index (χ4v) is 7.33. The molecule has 0 radical (unpaired) electrons. The Morgan fingerprint density at radius 1 is 0.938 bits per heavy atom. The van der Waals surface area contributed by atoms with Crippen molar-refractivity contribution in [3.63, 3.8) is 0 Å². The summed E-state index contributed by atoms with van der Waals surface area (Å²) in [6, 6.07) is 2.82. The lowest BCUT2D eigenvalue weighted by Gasteiger charge is -2.39. The highest BCUT2D eigenvalue weighted by molar-refractivity contribution is 6.81. The Balaban J connectivity index is 4.69. The Labute approximate surface area is 104 Å². The summed E-state index contributed by atoms with van der Waals surface area (Å²) >= 11 is 0. The summed E-state index contributed by atoms with van der Waals surface area (Å²) in [7, 11) is -1.34. The van der Waals surface area contributed by atoms with Gasteiger partial charge in [0.25, 0.3) is 0 Å². The van der Waals surface area contributed by atoms with Crippen LogP contribution in [0.2, 0.25) is 12.1 Å². The van der Waals surface area contributed by atoms with Gasteiger partial charge in [-0.3, -0.25) is 0 Å². The molecule has 16 heavy (non-hydrogen) atoms. The third kappa shape index (κ3) is 4.42. The molecule has 0 spiro atoms. The molecular formula is C14H31NSi. The van der Waals surface area contributed by atoms with Crippen LogP contribution < -0.4 is 0 Å². The van der Waals surface area contributed by atoms with Crippen LogP contribution in [-0.2, 0) is 0 Å². The van der Waals surface area contributed by atoms with Crippen molar-refractivity contribution in [1.29, 1.82) is 0 Å². The quantitative estimate of drug-likeness (QED) is 0.505. The third-order valence-electron chi connectivity index (χ3n) is 3.70. The van der Waals surface area contributed by atoms with Crippen LogP contribution >= 0.6 is 0 Å². The molecule has 0 saturated heterocycles. The summed E-state index contributed by atoms with van der Waals surface area (Å²) in [6.45, 7) is 15.8. The standard InChI is InChI=1S/C14H31NSi/c1-6-11-13-16(10-5,14-12-7-2)15(8-3)9-4/h10H,5-9,11-14H2,1-4H3. The Bertz CT molecular complexity index is 168. The first-order valence-corrected chi connectivity index (χ1v) is 9.53. The summed E-state index contributed by atoms with van der Waals surface area (Å²) in [5.74, 6) is 0. The number of hydrogen-bond donors (Lipinski definition) is 0. The lowest BCUT2D eigenvalue weighted by Crippen LogP contribution is -2.52. The Morgan fingerprint density at radius 2 is 1.38 bits per heavy atom. The SMILES string of the molecule is C=C[Si](CCCC)(CCCC)N(CC)CC. The molecule has 0 aromatic heterocycles. The van der Waals surface area contributed by atoms with Crippen molar-refractivity contribution in [3.8, 4) is 0 Å². The van der Waals surface area contributed by atoms with Gasteiger partial charge in [-0.2, -0.15) is 0 Å². The molecule has 0 aliphatic rings. The monoisotopic (exact) mass is 241 g/mol. The van der Waals surface area contributed by atoms with Crippen molar-refractivity contribution in [2.24, 2.45) is 0 Å². The van der Waals surface area contributed by atoms with E-state index >= 15 is 0 Å². The van der Waals surface area contributed by atoms with Crippen molar-refractivity contribution in [2.75, 3.05) is 13.1 Å². The second-order valence-electron chi connectivity index (χ2n) is 4.69. The first-order chi connectivity index (χ1) is 7.70. The van der Waals surface area contributed by atoms with E-state index in [4.69, 9.17) is 0 Å². The van der Waals surface area contributed by atoms with E-state index in [0.717, 1.165) is 0 Å². The first-order valence-electron chi connectivity index (χ1n) is 7.09. The summed E-state index contributed by atoms with van der Waals surface area (Å²) in [5.41, 5.74) is 2.35. The van der Waals surface area contributed by atoms with Crippen LogP contribution in [-0.4, -0.2) is 25.9 Å². The molecule has 0 aromatic carbocycles. The smallest absolute Gasteiger partial charge is 0.152 e. The Morgan fingerprint density at radius 3 is 1.62 bits per heavy atom. The van der Waals surface area contributed by atoms with Gasteiger partial charge >= 0.3 is 0 Å². The third-order valence-corrected chi connectivity index (χ3v) is 8.79. The maximum absolute atomic E-state index is 4.18. The fourth-order valence-electron chi connectivity index (χ4n) is 2.59. The van der Waals surface area contributed by atoms with Gasteiger partial charge in [0.1, 0.15) is 0 Å². The average Bonchev–Trinajstić information content (AvgIpc) is 2.33. The van der Waals surface area contributed by atoms with E-state index in [1.807, 2.05) is 0 Å². The Kier molecular flexibility index (Phi) is 8.95. The van der Waals surface area contributed by atoms with Gasteiger partial charge in [-0.25, -0.2) is 0 Å². The first kappa shape index (κ1) is 15.9. The molecular weight excluding hydrogens is 210 g/mol. The zero-order valence-electron chi connectivity index (χ0n) is 11.9. The molecule has 0 unspecified atom stereocenters. The number of rotatable bonds is 10. The molecule has 0 amide bonds. The van der Waals surface area contributed by atoms with Crippen LogP contribution in [0.5, 0.6) is 0 Å². The van der Waals surface area contributed by atoms with Crippen LogP contribution in [0.1, 0.15) is 53.4 Å². The topological polar surface area (TPSA) is 3.24 Å². The van der Waals surface area contributed by atoms with E-state index in [2.05, 4.69) is 44.5 Å². The molecule has 0 aliphatic heterocycles. The van der Waals surface area contributed by atoms with Crippen LogP contribution in [0, 0.1) is 0 Å². The molecule has 2 heteroatoms. The van der Waals surface area contributed by atoms with Gasteiger partial charge in [0.2, 0.25) is 0 Å². The van der Waals surface area contributed by atoms with E-state index in [-0.39, 0.29) is 0 Å². The summed E-state index contributed by atoms with van der Waals surface area (Å²) in [5, 5.41) is 0. The van der Waals surface area contributed by atoms with Crippen molar-refractivity contribution < 1.29 is 0 Å². The van der Waals surface area contributed by atoms with Crippen LogP contribution in [0.4, 0.5) is 0 Å². The highest BCUT2D eigenvalue weighted by Gasteiger charge is 2.33. The molecule has 0 aliphatic carbocycles. The fraction of sp³-hybridized carbons (Fsp3) is 0.857. The highest BCUT2D eigenvalue weighted by Crippen LogP contribution is 2.26. The van der Waals surface area contributed by atoms with Gasteiger partial charge in [0, 0.05) is 0 Å². The summed E-state index contributed by atoms with van der Waals surface area (Å²) in [6.07, 6.45) is 5.38. The molecule has 0 aromatic rings. The maximum atomic E-state index is 4.18. The van der Waals surface area contributed by atoms with Gasteiger partial charge in [0.15, 0.2) is 8.24 Å². The molecule has 0 N–H and O–H groups in total. The normalized spacial score (nSPS) is 12.1. The molecule has 0 rings (SSSR count). The largest absolute Gasteiger partial charge is 0.321 e. The van der Waals surface area contributed by atoms with Crippen LogP contribution in [0.15, 0.2) is 12.3 Å². The van der Waals surface area contributed by atoms with Gasteiger partial charge < -0.3 is 4.57 Å². The zero-order chi connectivity index (χ0) is 12.4. The van der Waals surface area contributed by atoms with Gasteiger partial charge in [-0.1, -0.05) is 59.1 Å². The van der Waals surface area contributed by atoms with E-state index in [0.29, 0.717) is 0 Å². The molecule has 1 nitrogen and oxygen atoms in total. The molecule has 0 atom stereocenters. The second-order valence-corrected chi connectivity index (χ2v) is 8.93. The van der Waals surface area contributed by atoms with Gasteiger partial charge in [-0.15, -0.1) is 6.58 Å². The molecule has 96 valence electrons. The maximum Gasteiger partial charge on any atom is 0.152 e. The lowest BCUT2D eigenvalue weighted by atomic mass is 10.4. The molecule has 0 fully saturated rings. The minimum absolute atomic E-state index is 1.20. The summed E-state index contributed by atoms with van der Waals surface area (Å²) in [4.78, 5) is 0. The summed E-state index contributed by atoms with van der Waals surface area (Å²) < 4.78 is 2.73. The van der Waals surface area contributed by atoms with Crippen LogP contribution in [0.3, 0.4) is 0 Å². The minimum Gasteiger partial charge on any atom is -0.321 e. The predicted molar refractivity (Wildman–Crippen MR) is 78.3 cm³/mol. The molecule has 0 saturated carbocycles. The zero-order valence-corrected chi connectivity index (χ0v) is 12.9. The van der Waals surface area contributed by atoms with Crippen LogP contribution in [0.25, 0.3) is 0 Å². The van der Waals surface area contributed by atoms with Crippen molar-refractivity contribution in [3.05, 3.63) is 12.3 Å². The number of unbranched alkanes of at least 4 members (excludes halogenated alkanes) is 2. The highest BCUT2D eigenvalue weighted by atomic mass is 28.3. The minimum atomic E-state index is -1.34. The van der Waals surface area contributed by atoms with Gasteiger partial charge in [0.05, 0.1) is 0 Å². The van der Waals surface area contributed by atoms with E-state index in [9.17, 15) is 0 Å². The van der Waals surface area contributed by atoms with E-state index in [1.54, 1.807) is 0 Å². The van der Waals surface area contributed by atoms with Crippen molar-refractivity contribution in [1.82, 2.24) is 4.57 Å². The number of nitrogens with zero attached hydrogens (tertiary/aromatic N) is 1. The van der Waals surface area contributed by atoms with E-state index in [1.165, 1.54) is 50.9 Å². The predicted octanol–water partition coefficient (Wildman–Crippen LogP) is 4.60. The van der Waals surface area contributed by atoms with Crippen molar-refractivity contribution >= 4 is 8.24 Å². The second kappa shape index (κ2) is 9.00. The average molecular weight is 241 g/mol.